The van der Waals surface area contributed by atoms with Gasteiger partial charge in [-0.15, -0.1) is 0 Å². The Morgan fingerprint density at radius 3 is 2.31 bits per heavy atom. The van der Waals surface area contributed by atoms with Crippen LogP contribution in [-0.2, 0) is 0 Å². The summed E-state index contributed by atoms with van der Waals surface area (Å²) in [6, 6.07) is 9.74. The molecule has 0 spiro atoms. The highest BCUT2D eigenvalue weighted by Gasteiger charge is 2.26. The molecule has 1 unspecified atom stereocenters. The molecule has 0 fully saturated rings. The van der Waals surface area contributed by atoms with Crippen molar-refractivity contribution in [2.45, 2.75) is 38.1 Å². The summed E-state index contributed by atoms with van der Waals surface area (Å²) in [5, 5.41) is 5.06. The number of nitrogens with one attached hydrogen (secondary N) is 1. The molecule has 0 aliphatic carbocycles. The monoisotopic (exact) mass is 374 g/mol. The molecule has 0 amide bonds. The van der Waals surface area contributed by atoms with Gasteiger partial charge >= 0.3 is 0 Å². The van der Waals surface area contributed by atoms with Crippen molar-refractivity contribution >= 4 is 23.7 Å². The van der Waals surface area contributed by atoms with Gasteiger partial charge in [-0.1, -0.05) is 44.7 Å². The molecule has 0 saturated carbocycles. The molecule has 1 aromatic carbocycles. The smallest absolute Gasteiger partial charge is 0.220 e. The fourth-order valence-electron chi connectivity index (χ4n) is 2.08. The van der Waals surface area contributed by atoms with E-state index in [1.807, 2.05) is 24.4 Å². The third-order valence-corrected chi connectivity index (χ3v) is 5.06. The molecule has 0 aliphatic heterocycles. The zero-order chi connectivity index (χ0) is 19.2. The second kappa shape index (κ2) is 8.89. The molecule has 0 bridgehead atoms. The second-order valence-electron chi connectivity index (χ2n) is 6.90. The first kappa shape index (κ1) is 20.0. The lowest BCUT2D eigenvalue weighted by atomic mass is 9.92. The van der Waals surface area contributed by atoms with Crippen LogP contribution in [0.1, 0.15) is 26.3 Å². The summed E-state index contributed by atoms with van der Waals surface area (Å²) in [7, 11) is 3.15. The minimum Gasteiger partial charge on any atom is -0.481 e. The van der Waals surface area contributed by atoms with Crippen LogP contribution in [0.25, 0.3) is 0 Å². The number of benzene rings is 1. The Bertz CT molecular complexity index is 737. The van der Waals surface area contributed by atoms with Crippen LogP contribution in [0.4, 0.5) is 5.69 Å². The van der Waals surface area contributed by atoms with Gasteiger partial charge in [0.15, 0.2) is 5.16 Å². The predicted octanol–water partition coefficient (Wildman–Crippen LogP) is 4.41. The third-order valence-electron chi connectivity index (χ3n) is 3.58. The van der Waals surface area contributed by atoms with Gasteiger partial charge in [-0.3, -0.25) is 5.43 Å². The fourth-order valence-corrected chi connectivity index (χ4v) is 3.07. The summed E-state index contributed by atoms with van der Waals surface area (Å²) in [6.07, 6.45) is 1.89. The minimum absolute atomic E-state index is 0.0396. The summed E-state index contributed by atoms with van der Waals surface area (Å²) in [6.45, 7) is 8.51. The highest BCUT2D eigenvalue weighted by molar-refractivity contribution is 8.00. The number of aryl methyl sites for hydroxylation is 1. The van der Waals surface area contributed by atoms with Gasteiger partial charge in [0.05, 0.1) is 31.2 Å². The Hall–Kier alpha value is -2.28. The van der Waals surface area contributed by atoms with E-state index in [-0.39, 0.29) is 10.7 Å². The molecule has 2 rings (SSSR count). The number of rotatable bonds is 7. The Kier molecular flexibility index (Phi) is 6.85. The number of hydrogen-bond donors (Lipinski definition) is 1. The highest BCUT2D eigenvalue weighted by atomic mass is 32.2. The third kappa shape index (κ3) is 5.91. The topological polar surface area (TPSA) is 68.6 Å². The molecule has 2 aromatic rings. The number of aromatic nitrogens is 2. The maximum Gasteiger partial charge on any atom is 0.220 e. The number of thioether (sulfide) groups is 1. The standard InChI is InChI=1S/C19H26N4O2S/c1-13-8-7-9-14(10-13)23-20-12-15(19(2,3)4)26-18-21-16(24-5)11-17(22-18)25-6/h7-12,15,23H,1-6H3/b20-12+. The second-order valence-corrected chi connectivity index (χ2v) is 8.01. The average molecular weight is 375 g/mol. The zero-order valence-electron chi connectivity index (χ0n) is 16.1. The molecule has 7 heteroatoms. The van der Waals surface area contributed by atoms with E-state index in [2.05, 4.69) is 54.3 Å². The van der Waals surface area contributed by atoms with Crippen LogP contribution >= 0.6 is 11.8 Å². The molecule has 1 atom stereocenters. The molecule has 140 valence electrons. The summed E-state index contributed by atoms with van der Waals surface area (Å²) in [5.41, 5.74) is 5.19. The van der Waals surface area contributed by atoms with Crippen molar-refractivity contribution in [1.82, 2.24) is 9.97 Å². The Balaban J connectivity index is 2.16. The predicted molar refractivity (Wildman–Crippen MR) is 108 cm³/mol. The lowest BCUT2D eigenvalue weighted by Crippen LogP contribution is -2.25. The molecule has 1 heterocycles. The van der Waals surface area contributed by atoms with Crippen LogP contribution in [0.5, 0.6) is 11.8 Å². The quantitative estimate of drug-likeness (QED) is 0.335. The van der Waals surface area contributed by atoms with Gasteiger partial charge in [-0.05, 0) is 30.0 Å². The number of nitrogens with zero attached hydrogens (tertiary/aromatic N) is 3. The van der Waals surface area contributed by atoms with Gasteiger partial charge in [-0.25, -0.2) is 0 Å². The largest absolute Gasteiger partial charge is 0.481 e. The van der Waals surface area contributed by atoms with E-state index in [0.717, 1.165) is 5.69 Å². The number of methoxy groups -OCH3 is 2. The molecule has 1 N–H and O–H groups in total. The number of hydrogen-bond acceptors (Lipinski definition) is 7. The van der Waals surface area contributed by atoms with Crippen molar-refractivity contribution in [3.8, 4) is 11.8 Å². The molecule has 0 aliphatic rings. The lowest BCUT2D eigenvalue weighted by Gasteiger charge is -2.26. The Labute approximate surface area is 159 Å². The van der Waals surface area contributed by atoms with Crippen molar-refractivity contribution in [2.24, 2.45) is 10.5 Å². The minimum atomic E-state index is -0.0396. The van der Waals surface area contributed by atoms with Crippen LogP contribution in [-0.4, -0.2) is 35.7 Å². The normalized spacial score (nSPS) is 12.8. The van der Waals surface area contributed by atoms with Gasteiger partial charge in [0.2, 0.25) is 11.8 Å². The van der Waals surface area contributed by atoms with E-state index in [1.165, 1.54) is 17.3 Å². The molecule has 6 nitrogen and oxygen atoms in total. The Morgan fingerprint density at radius 2 is 1.77 bits per heavy atom. The highest BCUT2D eigenvalue weighted by Crippen LogP contribution is 2.34. The average Bonchev–Trinajstić information content (AvgIpc) is 2.59. The van der Waals surface area contributed by atoms with Crippen molar-refractivity contribution < 1.29 is 9.47 Å². The van der Waals surface area contributed by atoms with E-state index in [1.54, 1.807) is 20.3 Å². The van der Waals surface area contributed by atoms with Crippen LogP contribution < -0.4 is 14.9 Å². The number of ether oxygens (including phenoxy) is 2. The molecular formula is C19H26N4O2S. The van der Waals surface area contributed by atoms with Crippen LogP contribution in [0.2, 0.25) is 0 Å². The van der Waals surface area contributed by atoms with Crippen LogP contribution in [0, 0.1) is 12.3 Å². The molecule has 0 saturated heterocycles. The number of anilines is 1. The molecular weight excluding hydrogens is 348 g/mol. The molecule has 26 heavy (non-hydrogen) atoms. The fraction of sp³-hybridized carbons (Fsp3) is 0.421. The number of hydrazone groups is 1. The first-order valence-corrected chi connectivity index (χ1v) is 9.19. The van der Waals surface area contributed by atoms with E-state index in [4.69, 9.17) is 9.47 Å². The molecule has 0 radical (unpaired) electrons. The van der Waals surface area contributed by atoms with Gasteiger partial charge in [0.1, 0.15) is 0 Å². The van der Waals surface area contributed by atoms with E-state index >= 15 is 0 Å². The van der Waals surface area contributed by atoms with Gasteiger partial charge < -0.3 is 9.47 Å². The maximum absolute atomic E-state index is 5.22. The maximum atomic E-state index is 5.22. The van der Waals surface area contributed by atoms with Crippen LogP contribution in [0.3, 0.4) is 0 Å². The zero-order valence-corrected chi connectivity index (χ0v) is 16.9. The van der Waals surface area contributed by atoms with E-state index < -0.39 is 0 Å². The summed E-state index contributed by atoms with van der Waals surface area (Å²) in [4.78, 5) is 8.80. The summed E-state index contributed by atoms with van der Waals surface area (Å²) in [5.74, 6) is 0.948. The van der Waals surface area contributed by atoms with E-state index in [0.29, 0.717) is 16.9 Å². The first-order chi connectivity index (χ1) is 12.3. The SMILES string of the molecule is COc1cc(OC)nc(SC(/C=N/Nc2cccc(C)c2)C(C)(C)C)n1. The Morgan fingerprint density at radius 1 is 1.12 bits per heavy atom. The van der Waals surface area contributed by atoms with Gasteiger partial charge in [-0.2, -0.15) is 15.1 Å². The van der Waals surface area contributed by atoms with Crippen molar-refractivity contribution in [3.05, 3.63) is 35.9 Å². The van der Waals surface area contributed by atoms with Crippen molar-refractivity contribution in [1.29, 1.82) is 0 Å². The molecule has 1 aromatic heterocycles. The van der Waals surface area contributed by atoms with Crippen molar-refractivity contribution in [3.63, 3.8) is 0 Å². The van der Waals surface area contributed by atoms with Gasteiger partial charge in [0, 0.05) is 6.21 Å². The lowest BCUT2D eigenvalue weighted by molar-refractivity contribution is 0.364. The first-order valence-electron chi connectivity index (χ1n) is 8.31. The summed E-state index contributed by atoms with van der Waals surface area (Å²) >= 11 is 1.52. The van der Waals surface area contributed by atoms with Gasteiger partial charge in [0.25, 0.3) is 0 Å². The van der Waals surface area contributed by atoms with E-state index in [9.17, 15) is 0 Å². The summed E-state index contributed by atoms with van der Waals surface area (Å²) < 4.78 is 10.4. The van der Waals surface area contributed by atoms with Crippen molar-refractivity contribution in [2.75, 3.05) is 19.6 Å². The van der Waals surface area contributed by atoms with Crippen LogP contribution in [0.15, 0.2) is 40.6 Å².